The van der Waals surface area contributed by atoms with E-state index < -0.39 is 0 Å². The molecular weight excluding hydrogens is 298 g/mol. The highest BCUT2D eigenvalue weighted by atomic mass is 15.2. The molecule has 1 saturated heterocycles. The molecule has 2 heterocycles. The van der Waals surface area contributed by atoms with Gasteiger partial charge in [0.05, 0.1) is 0 Å². The van der Waals surface area contributed by atoms with Crippen LogP contribution in [0.3, 0.4) is 0 Å². The number of aliphatic imine (C=N–C) groups is 1. The Hall–Kier alpha value is -1.62. The van der Waals surface area contributed by atoms with Crippen molar-refractivity contribution in [3.8, 4) is 0 Å². The van der Waals surface area contributed by atoms with Crippen LogP contribution in [0.2, 0.25) is 0 Å². The highest BCUT2D eigenvalue weighted by Crippen LogP contribution is 2.16. The topological polar surface area (TPSA) is 52.5 Å². The molecule has 2 rings (SSSR count). The smallest absolute Gasteiger partial charge is 0.191 e. The Balaban J connectivity index is 1.71. The van der Waals surface area contributed by atoms with Crippen LogP contribution in [0.4, 0.5) is 0 Å². The van der Waals surface area contributed by atoms with E-state index in [1.54, 1.807) is 0 Å². The van der Waals surface area contributed by atoms with E-state index in [4.69, 9.17) is 0 Å². The third-order valence-corrected chi connectivity index (χ3v) is 4.68. The first kappa shape index (κ1) is 18.7. The minimum Gasteiger partial charge on any atom is -0.356 e. The summed E-state index contributed by atoms with van der Waals surface area (Å²) < 4.78 is 0. The van der Waals surface area contributed by atoms with Crippen molar-refractivity contribution in [2.45, 2.75) is 51.5 Å². The molecule has 5 heteroatoms. The summed E-state index contributed by atoms with van der Waals surface area (Å²) in [6, 6.07) is 6.68. The molecule has 1 fully saturated rings. The molecule has 2 N–H and O–H groups in total. The molecule has 0 spiro atoms. The minimum atomic E-state index is 0.639. The van der Waals surface area contributed by atoms with Gasteiger partial charge in [0.1, 0.15) is 0 Å². The number of piperidine rings is 1. The molecule has 0 radical (unpaired) electrons. The number of hydrogen-bond donors (Lipinski definition) is 2. The van der Waals surface area contributed by atoms with E-state index in [2.05, 4.69) is 38.5 Å². The average molecular weight is 332 g/mol. The highest BCUT2D eigenvalue weighted by Gasteiger charge is 2.21. The van der Waals surface area contributed by atoms with E-state index >= 15 is 0 Å². The van der Waals surface area contributed by atoms with Gasteiger partial charge < -0.3 is 10.6 Å². The fraction of sp³-hybridized carbons (Fsp3) is 0.684. The standard InChI is InChI=1S/C19H33N5/c1-3-4-14-24-15-8-6-10-18(24)16-23-19(20-2)22-13-11-17-9-5-7-12-21-17/h5,7,9,12,18H,3-4,6,8,10-11,13-16H2,1-2H3,(H2,20,22,23). The van der Waals surface area contributed by atoms with Crippen LogP contribution in [0.25, 0.3) is 0 Å². The molecule has 1 aromatic heterocycles. The molecule has 0 aliphatic carbocycles. The van der Waals surface area contributed by atoms with Gasteiger partial charge in [-0.2, -0.15) is 0 Å². The maximum Gasteiger partial charge on any atom is 0.191 e. The van der Waals surface area contributed by atoms with E-state index in [1.165, 1.54) is 45.2 Å². The lowest BCUT2D eigenvalue weighted by atomic mass is 10.0. The van der Waals surface area contributed by atoms with Crippen LogP contribution in [-0.4, -0.2) is 55.1 Å². The van der Waals surface area contributed by atoms with Crippen LogP contribution in [-0.2, 0) is 6.42 Å². The van der Waals surface area contributed by atoms with Gasteiger partial charge in [-0.1, -0.05) is 25.8 Å². The second-order valence-corrected chi connectivity index (χ2v) is 6.49. The summed E-state index contributed by atoms with van der Waals surface area (Å²) >= 11 is 0. The second-order valence-electron chi connectivity index (χ2n) is 6.49. The molecular formula is C19H33N5. The zero-order valence-electron chi connectivity index (χ0n) is 15.3. The van der Waals surface area contributed by atoms with E-state index in [1.807, 2.05) is 25.4 Å². The number of guanidine groups is 1. The Kier molecular flexibility index (Phi) is 8.60. The minimum absolute atomic E-state index is 0.639. The summed E-state index contributed by atoms with van der Waals surface area (Å²) in [6.07, 6.45) is 9.31. The normalized spacial score (nSPS) is 19.2. The molecule has 1 unspecified atom stereocenters. The van der Waals surface area contributed by atoms with Crippen LogP contribution < -0.4 is 10.6 Å². The van der Waals surface area contributed by atoms with E-state index in [0.29, 0.717) is 6.04 Å². The van der Waals surface area contributed by atoms with Gasteiger partial charge in [0.15, 0.2) is 5.96 Å². The number of aromatic nitrogens is 1. The lowest BCUT2D eigenvalue weighted by molar-refractivity contribution is 0.147. The number of unbranched alkanes of at least 4 members (excludes halogenated alkanes) is 1. The molecule has 1 aliphatic rings. The fourth-order valence-corrected chi connectivity index (χ4v) is 3.24. The fourth-order valence-electron chi connectivity index (χ4n) is 3.24. The zero-order chi connectivity index (χ0) is 17.0. The second kappa shape index (κ2) is 11.0. The number of nitrogens with one attached hydrogen (secondary N) is 2. The quantitative estimate of drug-likeness (QED) is 0.567. The lowest BCUT2D eigenvalue weighted by Crippen LogP contribution is -2.49. The molecule has 5 nitrogen and oxygen atoms in total. The van der Waals surface area contributed by atoms with Gasteiger partial charge in [0.2, 0.25) is 0 Å². The average Bonchev–Trinajstić information content (AvgIpc) is 2.64. The molecule has 0 bridgehead atoms. The third kappa shape index (κ3) is 6.48. The van der Waals surface area contributed by atoms with Crippen LogP contribution in [0, 0.1) is 0 Å². The van der Waals surface area contributed by atoms with Crippen molar-refractivity contribution in [3.63, 3.8) is 0 Å². The van der Waals surface area contributed by atoms with E-state index in [-0.39, 0.29) is 0 Å². The summed E-state index contributed by atoms with van der Waals surface area (Å²) in [5.74, 6) is 0.895. The Morgan fingerprint density at radius 2 is 2.25 bits per heavy atom. The molecule has 1 aromatic rings. The van der Waals surface area contributed by atoms with E-state index in [0.717, 1.165) is 31.2 Å². The first-order valence-electron chi connectivity index (χ1n) is 9.42. The van der Waals surface area contributed by atoms with Crippen molar-refractivity contribution in [1.82, 2.24) is 20.5 Å². The molecule has 1 atom stereocenters. The van der Waals surface area contributed by atoms with Gasteiger partial charge in [0, 0.05) is 44.5 Å². The first-order chi connectivity index (χ1) is 11.8. The van der Waals surface area contributed by atoms with E-state index in [9.17, 15) is 0 Å². The predicted molar refractivity (Wildman–Crippen MR) is 101 cm³/mol. The number of nitrogens with zero attached hydrogens (tertiary/aromatic N) is 3. The van der Waals surface area contributed by atoms with Gasteiger partial charge in [-0.05, 0) is 44.5 Å². The summed E-state index contributed by atoms with van der Waals surface area (Å²) in [7, 11) is 1.84. The predicted octanol–water partition coefficient (Wildman–Crippen LogP) is 2.44. The molecule has 24 heavy (non-hydrogen) atoms. The number of rotatable bonds is 8. The summed E-state index contributed by atoms with van der Waals surface area (Å²) in [4.78, 5) is 11.4. The van der Waals surface area contributed by atoms with Crippen LogP contribution in [0.1, 0.15) is 44.7 Å². The Morgan fingerprint density at radius 1 is 1.33 bits per heavy atom. The van der Waals surface area contributed by atoms with Crippen LogP contribution in [0.5, 0.6) is 0 Å². The van der Waals surface area contributed by atoms with Crippen molar-refractivity contribution in [1.29, 1.82) is 0 Å². The number of pyridine rings is 1. The van der Waals surface area contributed by atoms with Crippen molar-refractivity contribution in [2.75, 3.05) is 33.2 Å². The first-order valence-corrected chi connectivity index (χ1v) is 9.42. The Bertz CT molecular complexity index is 474. The van der Waals surface area contributed by atoms with Crippen molar-refractivity contribution >= 4 is 5.96 Å². The summed E-state index contributed by atoms with van der Waals surface area (Å²) in [5, 5.41) is 6.90. The molecule has 0 aromatic carbocycles. The van der Waals surface area contributed by atoms with Gasteiger partial charge in [-0.25, -0.2) is 0 Å². The molecule has 134 valence electrons. The molecule has 0 amide bonds. The van der Waals surface area contributed by atoms with Gasteiger partial charge >= 0.3 is 0 Å². The van der Waals surface area contributed by atoms with Crippen LogP contribution >= 0.6 is 0 Å². The zero-order valence-corrected chi connectivity index (χ0v) is 15.3. The van der Waals surface area contributed by atoms with Gasteiger partial charge in [-0.3, -0.25) is 14.9 Å². The van der Waals surface area contributed by atoms with Crippen molar-refractivity contribution in [3.05, 3.63) is 30.1 Å². The number of hydrogen-bond acceptors (Lipinski definition) is 3. The number of likely N-dealkylation sites (tertiary alicyclic amines) is 1. The van der Waals surface area contributed by atoms with Gasteiger partial charge in [0.25, 0.3) is 0 Å². The maximum atomic E-state index is 4.35. The third-order valence-electron chi connectivity index (χ3n) is 4.68. The Morgan fingerprint density at radius 3 is 3.00 bits per heavy atom. The largest absolute Gasteiger partial charge is 0.356 e. The van der Waals surface area contributed by atoms with Crippen molar-refractivity contribution in [2.24, 2.45) is 4.99 Å². The van der Waals surface area contributed by atoms with Crippen molar-refractivity contribution < 1.29 is 0 Å². The SMILES string of the molecule is CCCCN1CCCCC1CNC(=NC)NCCc1ccccn1. The Labute approximate surface area is 147 Å². The molecule has 1 aliphatic heterocycles. The highest BCUT2D eigenvalue weighted by molar-refractivity contribution is 5.79. The summed E-state index contributed by atoms with van der Waals surface area (Å²) in [5.41, 5.74) is 1.11. The van der Waals surface area contributed by atoms with Crippen LogP contribution in [0.15, 0.2) is 29.4 Å². The molecule has 0 saturated carbocycles. The lowest BCUT2D eigenvalue weighted by Gasteiger charge is -2.36. The maximum absolute atomic E-state index is 4.35. The summed E-state index contributed by atoms with van der Waals surface area (Å²) in [6.45, 7) is 6.57. The monoisotopic (exact) mass is 331 g/mol. The van der Waals surface area contributed by atoms with Gasteiger partial charge in [-0.15, -0.1) is 0 Å².